The summed E-state index contributed by atoms with van der Waals surface area (Å²) in [6.45, 7) is 1.58. The zero-order chi connectivity index (χ0) is 26.9. The molecule has 38 heavy (non-hydrogen) atoms. The quantitative estimate of drug-likeness (QED) is 0.217. The van der Waals surface area contributed by atoms with Crippen LogP contribution in [0.1, 0.15) is 5.56 Å². The molecule has 5 aromatic rings. The van der Waals surface area contributed by atoms with Gasteiger partial charge in [-0.3, -0.25) is 9.10 Å². The van der Waals surface area contributed by atoms with Gasteiger partial charge in [-0.1, -0.05) is 47.5 Å². The van der Waals surface area contributed by atoms with Crippen molar-refractivity contribution in [2.24, 2.45) is 0 Å². The predicted octanol–water partition coefficient (Wildman–Crippen LogP) is 7.41. The Labute approximate surface area is 234 Å². The molecule has 5 rings (SSSR count). The molecular weight excluding hydrogens is 561 g/mol. The third-order valence-electron chi connectivity index (χ3n) is 5.77. The van der Waals surface area contributed by atoms with Crippen molar-refractivity contribution in [3.63, 3.8) is 0 Å². The van der Waals surface area contributed by atoms with Crippen LogP contribution in [0.4, 0.5) is 11.4 Å². The van der Waals surface area contributed by atoms with Crippen molar-refractivity contribution in [3.8, 4) is 10.6 Å². The summed E-state index contributed by atoms with van der Waals surface area (Å²) in [5.74, 6) is -0.515. The summed E-state index contributed by atoms with van der Waals surface area (Å²) >= 11 is 13.8. The first-order chi connectivity index (χ1) is 18.2. The number of carbonyl (C=O) groups excluding carboxylic acids is 1. The van der Waals surface area contributed by atoms with Crippen LogP contribution in [0.25, 0.3) is 20.8 Å². The van der Waals surface area contributed by atoms with Gasteiger partial charge >= 0.3 is 0 Å². The number of halogens is 2. The van der Waals surface area contributed by atoms with Crippen LogP contribution in [0.3, 0.4) is 0 Å². The number of sulfonamides is 1. The number of nitrogens with one attached hydrogen (secondary N) is 1. The number of carbonyl (C=O) groups is 1. The van der Waals surface area contributed by atoms with Gasteiger partial charge in [-0.25, -0.2) is 13.4 Å². The van der Waals surface area contributed by atoms with Gasteiger partial charge < -0.3 is 5.32 Å². The minimum absolute atomic E-state index is 0.0502. The van der Waals surface area contributed by atoms with Gasteiger partial charge in [-0.05, 0) is 79.2 Å². The second-order valence-corrected chi connectivity index (χ2v) is 12.2. The first kappa shape index (κ1) is 26.2. The molecule has 0 atom stereocenters. The number of benzene rings is 4. The normalized spacial score (nSPS) is 11.4. The molecule has 0 fully saturated rings. The van der Waals surface area contributed by atoms with E-state index < -0.39 is 22.5 Å². The second kappa shape index (κ2) is 10.7. The Hall–Kier alpha value is -3.43. The number of hydrogen-bond donors (Lipinski definition) is 1. The maximum Gasteiger partial charge on any atom is 0.264 e. The van der Waals surface area contributed by atoms with Crippen molar-refractivity contribution < 1.29 is 13.2 Å². The summed E-state index contributed by atoms with van der Waals surface area (Å²) in [7, 11) is -4.07. The summed E-state index contributed by atoms with van der Waals surface area (Å²) in [5.41, 5.74) is 3.79. The Morgan fingerprint density at radius 3 is 2.37 bits per heavy atom. The molecule has 1 aromatic heterocycles. The van der Waals surface area contributed by atoms with Crippen molar-refractivity contribution >= 4 is 72.1 Å². The lowest BCUT2D eigenvalue weighted by atomic mass is 10.2. The average molecular weight is 583 g/mol. The minimum atomic E-state index is -4.07. The van der Waals surface area contributed by atoms with E-state index in [1.807, 2.05) is 31.2 Å². The van der Waals surface area contributed by atoms with E-state index >= 15 is 0 Å². The largest absolute Gasteiger partial charge is 0.325 e. The lowest BCUT2D eigenvalue weighted by Crippen LogP contribution is -2.38. The van der Waals surface area contributed by atoms with Gasteiger partial charge in [0, 0.05) is 11.3 Å². The van der Waals surface area contributed by atoms with E-state index in [-0.39, 0.29) is 20.6 Å². The number of fused-ring (bicyclic) bond motifs is 1. The van der Waals surface area contributed by atoms with Crippen molar-refractivity contribution in [2.75, 3.05) is 16.2 Å². The number of anilines is 2. The molecule has 0 radical (unpaired) electrons. The lowest BCUT2D eigenvalue weighted by molar-refractivity contribution is -0.114. The maximum atomic E-state index is 13.5. The average Bonchev–Trinajstić information content (AvgIpc) is 3.33. The van der Waals surface area contributed by atoms with Crippen molar-refractivity contribution in [3.05, 3.63) is 107 Å². The molecule has 6 nitrogen and oxygen atoms in total. The third kappa shape index (κ3) is 5.54. The number of rotatable bonds is 7. The van der Waals surface area contributed by atoms with Gasteiger partial charge in [0.15, 0.2) is 0 Å². The molecule has 0 unspecified atom stereocenters. The fraction of sp³-hybridized carbons (Fsp3) is 0.0714. The Bertz CT molecular complexity index is 1740. The molecule has 0 aliphatic heterocycles. The van der Waals surface area contributed by atoms with E-state index in [1.54, 1.807) is 41.7 Å². The molecule has 0 bridgehead atoms. The van der Waals surface area contributed by atoms with Crippen molar-refractivity contribution in [1.29, 1.82) is 0 Å². The summed E-state index contributed by atoms with van der Waals surface area (Å²) in [6.07, 6.45) is 0. The number of hydrogen-bond acceptors (Lipinski definition) is 5. The Balaban J connectivity index is 1.37. The molecule has 0 saturated heterocycles. The van der Waals surface area contributed by atoms with Crippen LogP contribution >= 0.6 is 34.5 Å². The van der Waals surface area contributed by atoms with Gasteiger partial charge in [-0.15, -0.1) is 11.3 Å². The molecule has 1 heterocycles. The molecule has 0 spiro atoms. The molecule has 4 aromatic carbocycles. The van der Waals surface area contributed by atoms with Crippen LogP contribution in [0, 0.1) is 6.92 Å². The van der Waals surface area contributed by atoms with E-state index in [0.717, 1.165) is 25.1 Å². The highest BCUT2D eigenvalue weighted by atomic mass is 35.5. The number of aromatic nitrogens is 1. The Morgan fingerprint density at radius 2 is 1.66 bits per heavy atom. The van der Waals surface area contributed by atoms with E-state index in [9.17, 15) is 13.2 Å². The second-order valence-electron chi connectivity index (χ2n) is 8.54. The van der Waals surface area contributed by atoms with Crippen LogP contribution in [0.5, 0.6) is 0 Å². The number of amides is 1. The van der Waals surface area contributed by atoms with Gasteiger partial charge in [0.2, 0.25) is 5.91 Å². The van der Waals surface area contributed by atoms with Gasteiger partial charge in [0.05, 0.1) is 30.8 Å². The summed E-state index contributed by atoms with van der Waals surface area (Å²) in [4.78, 5) is 17.8. The van der Waals surface area contributed by atoms with Crippen molar-refractivity contribution in [1.82, 2.24) is 4.98 Å². The van der Waals surface area contributed by atoms with Crippen LogP contribution in [0.15, 0.2) is 95.9 Å². The van der Waals surface area contributed by atoms with Gasteiger partial charge in [0.1, 0.15) is 11.6 Å². The molecule has 0 saturated carbocycles. The van der Waals surface area contributed by atoms with E-state index in [2.05, 4.69) is 11.4 Å². The highest BCUT2D eigenvalue weighted by Crippen LogP contribution is 2.32. The fourth-order valence-corrected chi connectivity index (χ4v) is 6.65. The number of thiazole rings is 1. The standard InChI is InChI=1S/C28H21Cl2N3O3S2/c1-18-7-14-25-26(15-18)37-28(32-25)19-8-10-20(11-9-19)31-27(34)17-33(21-12-13-23(29)24(30)16-21)38(35,36)22-5-3-2-4-6-22/h2-16H,17H2,1H3,(H,31,34). The lowest BCUT2D eigenvalue weighted by Gasteiger charge is -2.24. The number of aryl methyl sites for hydroxylation is 1. The zero-order valence-electron chi connectivity index (χ0n) is 20.1. The van der Waals surface area contributed by atoms with Gasteiger partial charge in [-0.2, -0.15) is 0 Å². The monoisotopic (exact) mass is 581 g/mol. The SMILES string of the molecule is Cc1ccc2nc(-c3ccc(NC(=O)CN(c4ccc(Cl)c(Cl)c4)S(=O)(=O)c4ccccc4)cc3)sc2c1. The highest BCUT2D eigenvalue weighted by Gasteiger charge is 2.27. The van der Waals surface area contributed by atoms with Crippen LogP contribution in [0.2, 0.25) is 10.0 Å². The Morgan fingerprint density at radius 1 is 0.921 bits per heavy atom. The molecular formula is C28H21Cl2N3O3S2. The highest BCUT2D eigenvalue weighted by molar-refractivity contribution is 7.92. The summed E-state index contributed by atoms with van der Waals surface area (Å²) < 4.78 is 29.1. The van der Waals surface area contributed by atoms with Crippen LogP contribution in [-0.4, -0.2) is 25.9 Å². The van der Waals surface area contributed by atoms with Crippen LogP contribution in [-0.2, 0) is 14.8 Å². The summed E-state index contributed by atoms with van der Waals surface area (Å²) in [6, 6.07) is 25.7. The van der Waals surface area contributed by atoms with E-state index in [0.29, 0.717) is 5.69 Å². The zero-order valence-corrected chi connectivity index (χ0v) is 23.2. The smallest absolute Gasteiger partial charge is 0.264 e. The molecule has 192 valence electrons. The number of nitrogens with zero attached hydrogens (tertiary/aromatic N) is 2. The molecule has 0 aliphatic carbocycles. The summed E-state index contributed by atoms with van der Waals surface area (Å²) in [5, 5.41) is 4.12. The first-order valence-electron chi connectivity index (χ1n) is 11.5. The van der Waals surface area contributed by atoms with E-state index in [1.165, 1.54) is 35.9 Å². The van der Waals surface area contributed by atoms with Crippen LogP contribution < -0.4 is 9.62 Å². The van der Waals surface area contributed by atoms with E-state index in [4.69, 9.17) is 28.2 Å². The maximum absolute atomic E-state index is 13.5. The fourth-order valence-electron chi connectivity index (χ4n) is 3.86. The molecule has 10 heteroatoms. The third-order valence-corrected chi connectivity index (χ3v) is 9.36. The molecule has 0 aliphatic rings. The molecule has 1 N–H and O–H groups in total. The molecule has 1 amide bonds. The van der Waals surface area contributed by atoms with Gasteiger partial charge in [0.25, 0.3) is 10.0 Å². The van der Waals surface area contributed by atoms with Crippen molar-refractivity contribution in [2.45, 2.75) is 11.8 Å². The minimum Gasteiger partial charge on any atom is -0.325 e. The first-order valence-corrected chi connectivity index (χ1v) is 14.5. The predicted molar refractivity (Wildman–Crippen MR) is 156 cm³/mol. The Kier molecular flexibility index (Phi) is 7.40. The topological polar surface area (TPSA) is 79.4 Å².